The summed E-state index contributed by atoms with van der Waals surface area (Å²) >= 11 is 0. The Morgan fingerprint density at radius 1 is 0.935 bits per heavy atom. The predicted octanol–water partition coefficient (Wildman–Crippen LogP) is 4.90. The SMILES string of the molecule is C[Si](C)(C)C[C@@H]1C[C@H]2[C@@H]3C[C@@H]4[C@H]2[C@@H]4[C@@H]3C[C@H]1OC(=O)c1cc([N+](=O)[O-])cc([N+](=O)[O-])c1. The fourth-order valence-electron chi connectivity index (χ4n) is 7.40. The molecule has 0 saturated heterocycles. The van der Waals surface area contributed by atoms with Crippen molar-refractivity contribution < 1.29 is 19.4 Å². The van der Waals surface area contributed by atoms with Crippen molar-refractivity contribution >= 4 is 25.4 Å². The van der Waals surface area contributed by atoms with E-state index in [0.717, 1.165) is 66.7 Å². The number of nitro groups is 2. The second-order valence-electron chi connectivity index (χ2n) is 11.2. The summed E-state index contributed by atoms with van der Waals surface area (Å²) in [6, 6.07) is 4.12. The molecule has 6 rings (SSSR count). The second-order valence-corrected chi connectivity index (χ2v) is 16.8. The van der Waals surface area contributed by atoms with E-state index in [9.17, 15) is 25.0 Å². The molecule has 1 aromatic rings. The van der Waals surface area contributed by atoms with Crippen LogP contribution in [-0.2, 0) is 4.74 Å². The normalized spacial score (nSPS) is 37.3. The van der Waals surface area contributed by atoms with E-state index in [1.807, 2.05) is 0 Å². The number of nitro benzene ring substituents is 2. The lowest BCUT2D eigenvalue weighted by atomic mass is 9.88. The molecule has 166 valence electrons. The van der Waals surface area contributed by atoms with Gasteiger partial charge in [-0.05, 0) is 60.7 Å². The lowest BCUT2D eigenvalue weighted by molar-refractivity contribution is -0.394. The summed E-state index contributed by atoms with van der Waals surface area (Å²) in [5, 5.41) is 22.4. The molecule has 5 aliphatic carbocycles. The van der Waals surface area contributed by atoms with Crippen molar-refractivity contribution in [1.29, 1.82) is 0 Å². The molecule has 8 atom stereocenters. The van der Waals surface area contributed by atoms with Crippen LogP contribution in [0.4, 0.5) is 11.4 Å². The van der Waals surface area contributed by atoms with Crippen molar-refractivity contribution in [2.45, 2.75) is 51.1 Å². The third-order valence-corrected chi connectivity index (χ3v) is 9.97. The predicted molar refractivity (Wildman–Crippen MR) is 115 cm³/mol. The average Bonchev–Trinajstić information content (AvgIpc) is 2.96. The highest BCUT2D eigenvalue weighted by Crippen LogP contribution is 2.78. The first-order chi connectivity index (χ1) is 14.5. The van der Waals surface area contributed by atoms with Crippen LogP contribution in [0.15, 0.2) is 18.2 Å². The fraction of sp³-hybridized carbons (Fsp3) is 0.682. The minimum absolute atomic E-state index is 0.115. The van der Waals surface area contributed by atoms with Gasteiger partial charge in [0.05, 0.1) is 21.5 Å². The lowest BCUT2D eigenvalue weighted by Gasteiger charge is -2.32. The molecule has 0 unspecified atom stereocenters. The van der Waals surface area contributed by atoms with Crippen LogP contribution in [0.1, 0.15) is 29.6 Å². The molecule has 5 saturated carbocycles. The Hall–Kier alpha value is -2.29. The maximum atomic E-state index is 13.0. The summed E-state index contributed by atoms with van der Waals surface area (Å²) in [6.45, 7) is 7.00. The molecular formula is C22H28N2O6Si. The van der Waals surface area contributed by atoms with Gasteiger partial charge in [-0.25, -0.2) is 4.79 Å². The van der Waals surface area contributed by atoms with Gasteiger partial charge < -0.3 is 4.74 Å². The standard InChI is InChI=1S/C22H28N2O6Si/c1-31(2,3)10-12-6-16-15-8-18-20(16)21(18)17(15)9-19(12)30-22(25)11-4-13(23(26)27)7-14(5-11)24(28)29/h4-5,7,12,15-21H,6,8-10H2,1-3H3/t12-,15-,16-,17+,18+,19+,20-,21+/m0/s1. The molecule has 5 aliphatic rings. The van der Waals surface area contributed by atoms with E-state index in [-0.39, 0.29) is 11.7 Å². The van der Waals surface area contributed by atoms with Crippen molar-refractivity contribution in [3.8, 4) is 0 Å². The van der Waals surface area contributed by atoms with Crippen molar-refractivity contribution in [1.82, 2.24) is 0 Å². The Bertz CT molecular complexity index is 943. The molecule has 6 bridgehead atoms. The number of nitrogens with zero attached hydrogens (tertiary/aromatic N) is 2. The molecule has 5 fully saturated rings. The van der Waals surface area contributed by atoms with Gasteiger partial charge in [-0.2, -0.15) is 0 Å². The highest BCUT2D eigenvalue weighted by atomic mass is 28.3. The van der Waals surface area contributed by atoms with E-state index in [1.54, 1.807) is 0 Å². The summed E-state index contributed by atoms with van der Waals surface area (Å²) in [7, 11) is -1.40. The monoisotopic (exact) mass is 444 g/mol. The van der Waals surface area contributed by atoms with Crippen LogP contribution in [0, 0.1) is 61.7 Å². The van der Waals surface area contributed by atoms with Gasteiger partial charge in [0.1, 0.15) is 6.10 Å². The zero-order valence-corrected chi connectivity index (χ0v) is 19.0. The molecule has 9 heteroatoms. The van der Waals surface area contributed by atoms with Gasteiger partial charge in [-0.3, -0.25) is 20.2 Å². The molecule has 0 radical (unpaired) electrons. The number of benzene rings is 1. The van der Waals surface area contributed by atoms with E-state index in [0.29, 0.717) is 11.8 Å². The molecule has 0 spiro atoms. The summed E-state index contributed by atoms with van der Waals surface area (Å²) in [5.41, 5.74) is -1.06. The molecule has 0 N–H and O–H groups in total. The molecule has 0 aromatic heterocycles. The van der Waals surface area contributed by atoms with Gasteiger partial charge in [0.25, 0.3) is 11.4 Å². The highest BCUT2D eigenvalue weighted by molar-refractivity contribution is 6.76. The topological polar surface area (TPSA) is 113 Å². The summed E-state index contributed by atoms with van der Waals surface area (Å²) in [4.78, 5) is 34.0. The van der Waals surface area contributed by atoms with Gasteiger partial charge in [0.15, 0.2) is 0 Å². The zero-order valence-electron chi connectivity index (χ0n) is 18.0. The minimum atomic E-state index is -1.40. The molecule has 0 aliphatic heterocycles. The first-order valence-electron chi connectivity index (χ1n) is 11.2. The lowest BCUT2D eigenvalue weighted by Crippen LogP contribution is -2.35. The van der Waals surface area contributed by atoms with Crippen LogP contribution < -0.4 is 0 Å². The van der Waals surface area contributed by atoms with E-state index in [2.05, 4.69) is 19.6 Å². The molecule has 0 amide bonds. The molecular weight excluding hydrogens is 416 g/mol. The number of hydrogen-bond donors (Lipinski definition) is 0. The largest absolute Gasteiger partial charge is 0.458 e. The first kappa shape index (κ1) is 20.6. The van der Waals surface area contributed by atoms with Crippen molar-refractivity contribution in [3.05, 3.63) is 44.0 Å². The average molecular weight is 445 g/mol. The van der Waals surface area contributed by atoms with E-state index < -0.39 is 35.3 Å². The maximum absolute atomic E-state index is 13.0. The van der Waals surface area contributed by atoms with Gasteiger partial charge >= 0.3 is 5.97 Å². The van der Waals surface area contributed by atoms with Gasteiger partial charge in [-0.1, -0.05) is 25.7 Å². The number of carbonyl (C=O) groups excluding carboxylic acids is 1. The van der Waals surface area contributed by atoms with Crippen LogP contribution in [-0.4, -0.2) is 30.0 Å². The maximum Gasteiger partial charge on any atom is 0.338 e. The van der Waals surface area contributed by atoms with Crippen LogP contribution >= 0.6 is 0 Å². The number of non-ortho nitro benzene ring substituents is 2. The van der Waals surface area contributed by atoms with Crippen molar-refractivity contribution in [3.63, 3.8) is 0 Å². The fourth-order valence-corrected chi connectivity index (χ4v) is 9.40. The second kappa shape index (κ2) is 6.85. The van der Waals surface area contributed by atoms with Crippen LogP contribution in [0.5, 0.6) is 0 Å². The quantitative estimate of drug-likeness (QED) is 0.267. The first-order valence-corrected chi connectivity index (χ1v) is 14.9. The van der Waals surface area contributed by atoms with Crippen LogP contribution in [0.3, 0.4) is 0 Å². The Balaban J connectivity index is 1.41. The number of rotatable bonds is 6. The van der Waals surface area contributed by atoms with Gasteiger partial charge in [-0.15, -0.1) is 0 Å². The molecule has 1 aromatic carbocycles. The van der Waals surface area contributed by atoms with Gasteiger partial charge in [0, 0.05) is 20.2 Å². The number of ether oxygens (including phenoxy) is 1. The Morgan fingerprint density at radius 2 is 1.52 bits per heavy atom. The van der Waals surface area contributed by atoms with E-state index in [4.69, 9.17) is 4.74 Å². The van der Waals surface area contributed by atoms with E-state index in [1.165, 1.54) is 6.42 Å². The Labute approximate surface area is 181 Å². The summed E-state index contributed by atoms with van der Waals surface area (Å²) in [6.07, 6.45) is 3.10. The molecule has 31 heavy (non-hydrogen) atoms. The minimum Gasteiger partial charge on any atom is -0.458 e. The van der Waals surface area contributed by atoms with E-state index >= 15 is 0 Å². The Morgan fingerprint density at radius 3 is 2.03 bits per heavy atom. The van der Waals surface area contributed by atoms with Crippen LogP contribution in [0.25, 0.3) is 0 Å². The zero-order chi connectivity index (χ0) is 22.2. The van der Waals surface area contributed by atoms with Crippen LogP contribution in [0.2, 0.25) is 25.7 Å². The Kier molecular flexibility index (Phi) is 4.55. The third kappa shape index (κ3) is 3.46. The highest BCUT2D eigenvalue weighted by Gasteiger charge is 2.74. The summed E-state index contributed by atoms with van der Waals surface area (Å²) < 4.78 is 6.01. The third-order valence-electron chi connectivity index (χ3n) is 8.22. The molecule has 8 nitrogen and oxygen atoms in total. The van der Waals surface area contributed by atoms with Crippen molar-refractivity contribution in [2.75, 3.05) is 0 Å². The number of esters is 1. The summed E-state index contributed by atoms with van der Waals surface area (Å²) in [5.74, 6) is 4.39. The number of hydrogen-bond acceptors (Lipinski definition) is 6. The molecule has 0 heterocycles. The van der Waals surface area contributed by atoms with Crippen molar-refractivity contribution in [2.24, 2.45) is 41.4 Å². The smallest absolute Gasteiger partial charge is 0.338 e. The number of carbonyl (C=O) groups is 1. The van der Waals surface area contributed by atoms with Gasteiger partial charge in [0.2, 0.25) is 0 Å².